The zero-order valence-electron chi connectivity index (χ0n) is 14.5. The summed E-state index contributed by atoms with van der Waals surface area (Å²) in [6.45, 7) is 7.58. The molecule has 2 aromatic rings. The van der Waals surface area contributed by atoms with Crippen LogP contribution in [0.25, 0.3) is 0 Å². The SMILES string of the molecule is C=CCNCc1cc(OCC)c(OCc2ccc([N+](=O)[O-])cc2)cc1Cl. The van der Waals surface area contributed by atoms with Crippen molar-refractivity contribution in [3.63, 3.8) is 0 Å². The van der Waals surface area contributed by atoms with Gasteiger partial charge in [0.05, 0.1) is 11.5 Å². The fraction of sp³-hybridized carbons (Fsp3) is 0.263. The molecule has 2 aromatic carbocycles. The van der Waals surface area contributed by atoms with Gasteiger partial charge in [0.15, 0.2) is 11.5 Å². The summed E-state index contributed by atoms with van der Waals surface area (Å²) in [5.41, 5.74) is 1.76. The molecule has 0 fully saturated rings. The van der Waals surface area contributed by atoms with E-state index in [0.717, 1.165) is 11.1 Å². The van der Waals surface area contributed by atoms with Crippen LogP contribution < -0.4 is 14.8 Å². The highest BCUT2D eigenvalue weighted by Crippen LogP contribution is 2.34. The number of nitrogens with one attached hydrogen (secondary N) is 1. The largest absolute Gasteiger partial charge is 0.490 e. The molecule has 0 unspecified atom stereocenters. The first-order chi connectivity index (χ1) is 12.5. The first kappa shape index (κ1) is 19.8. The second kappa shape index (κ2) is 9.79. The quantitative estimate of drug-likeness (QED) is 0.286. The van der Waals surface area contributed by atoms with Crippen molar-refractivity contribution in [3.8, 4) is 11.5 Å². The molecule has 0 radical (unpaired) electrons. The maximum absolute atomic E-state index is 10.7. The Morgan fingerprint density at radius 2 is 1.92 bits per heavy atom. The molecule has 0 amide bonds. The molecule has 138 valence electrons. The van der Waals surface area contributed by atoms with E-state index in [1.807, 2.05) is 13.0 Å². The van der Waals surface area contributed by atoms with Crippen LogP contribution in [0, 0.1) is 10.1 Å². The lowest BCUT2D eigenvalue weighted by Gasteiger charge is -2.15. The molecule has 0 bridgehead atoms. The molecule has 2 rings (SSSR count). The van der Waals surface area contributed by atoms with Gasteiger partial charge in [0.25, 0.3) is 5.69 Å². The molecule has 1 N–H and O–H groups in total. The zero-order chi connectivity index (χ0) is 18.9. The maximum Gasteiger partial charge on any atom is 0.269 e. The Morgan fingerprint density at radius 1 is 1.23 bits per heavy atom. The van der Waals surface area contributed by atoms with E-state index in [4.69, 9.17) is 21.1 Å². The van der Waals surface area contributed by atoms with Gasteiger partial charge in [-0.2, -0.15) is 0 Å². The summed E-state index contributed by atoms with van der Waals surface area (Å²) in [6.07, 6.45) is 1.78. The maximum atomic E-state index is 10.7. The van der Waals surface area contributed by atoms with E-state index in [1.165, 1.54) is 12.1 Å². The minimum absolute atomic E-state index is 0.0446. The minimum atomic E-state index is -0.434. The van der Waals surface area contributed by atoms with Crippen LogP contribution in [-0.2, 0) is 13.2 Å². The summed E-state index contributed by atoms with van der Waals surface area (Å²) < 4.78 is 11.5. The first-order valence-electron chi connectivity index (χ1n) is 8.18. The Labute approximate surface area is 157 Å². The second-order valence-electron chi connectivity index (χ2n) is 5.46. The van der Waals surface area contributed by atoms with Gasteiger partial charge in [-0.15, -0.1) is 6.58 Å². The van der Waals surface area contributed by atoms with Crippen LogP contribution in [0.5, 0.6) is 11.5 Å². The number of nitrogens with zero attached hydrogens (tertiary/aromatic N) is 1. The van der Waals surface area contributed by atoms with Crippen LogP contribution >= 0.6 is 11.6 Å². The molecule has 0 saturated heterocycles. The van der Waals surface area contributed by atoms with E-state index >= 15 is 0 Å². The number of halogens is 1. The van der Waals surface area contributed by atoms with Gasteiger partial charge >= 0.3 is 0 Å². The van der Waals surface area contributed by atoms with E-state index < -0.39 is 4.92 Å². The smallest absolute Gasteiger partial charge is 0.269 e. The second-order valence-corrected chi connectivity index (χ2v) is 5.86. The Kier molecular flexibility index (Phi) is 7.44. The minimum Gasteiger partial charge on any atom is -0.490 e. The normalized spacial score (nSPS) is 10.4. The summed E-state index contributed by atoms with van der Waals surface area (Å²) >= 11 is 6.34. The Morgan fingerprint density at radius 3 is 2.54 bits per heavy atom. The van der Waals surface area contributed by atoms with E-state index in [9.17, 15) is 10.1 Å². The summed E-state index contributed by atoms with van der Waals surface area (Å²) in [5.74, 6) is 1.14. The van der Waals surface area contributed by atoms with E-state index in [2.05, 4.69) is 11.9 Å². The standard InChI is InChI=1S/C19H21ClN2O4/c1-3-9-21-12-15-10-18(25-4-2)19(11-17(15)20)26-13-14-5-7-16(8-6-14)22(23)24/h3,5-8,10-11,21H,1,4,9,12-13H2,2H3. The van der Waals surface area contributed by atoms with Crippen molar-refractivity contribution in [1.82, 2.24) is 5.32 Å². The Bertz CT molecular complexity index is 763. The number of benzene rings is 2. The summed E-state index contributed by atoms with van der Waals surface area (Å²) in [4.78, 5) is 10.3. The lowest BCUT2D eigenvalue weighted by Crippen LogP contribution is -2.13. The highest BCUT2D eigenvalue weighted by atomic mass is 35.5. The van der Waals surface area contributed by atoms with Gasteiger partial charge in [-0.1, -0.05) is 17.7 Å². The summed E-state index contributed by atoms with van der Waals surface area (Å²) in [5, 5.41) is 14.5. The van der Waals surface area contributed by atoms with Gasteiger partial charge in [-0.25, -0.2) is 0 Å². The molecule has 26 heavy (non-hydrogen) atoms. The van der Waals surface area contributed by atoms with E-state index in [-0.39, 0.29) is 12.3 Å². The van der Waals surface area contributed by atoms with Crippen molar-refractivity contribution in [2.45, 2.75) is 20.1 Å². The number of rotatable bonds is 10. The number of nitro benzene ring substituents is 1. The van der Waals surface area contributed by atoms with Gasteiger partial charge in [0.1, 0.15) is 6.61 Å². The molecule has 0 atom stereocenters. The van der Waals surface area contributed by atoms with Crippen molar-refractivity contribution in [2.75, 3.05) is 13.2 Å². The average molecular weight is 377 g/mol. The van der Waals surface area contributed by atoms with Crippen molar-refractivity contribution < 1.29 is 14.4 Å². The highest BCUT2D eigenvalue weighted by molar-refractivity contribution is 6.31. The Hall–Kier alpha value is -2.57. The fourth-order valence-corrected chi connectivity index (χ4v) is 2.50. The number of ether oxygens (including phenoxy) is 2. The van der Waals surface area contributed by atoms with Crippen LogP contribution in [0.2, 0.25) is 5.02 Å². The third-order valence-corrected chi connectivity index (χ3v) is 3.91. The van der Waals surface area contributed by atoms with Crippen LogP contribution in [0.1, 0.15) is 18.1 Å². The fourth-order valence-electron chi connectivity index (χ4n) is 2.28. The number of nitro groups is 1. The highest BCUT2D eigenvalue weighted by Gasteiger charge is 2.12. The van der Waals surface area contributed by atoms with Crippen LogP contribution in [-0.4, -0.2) is 18.1 Å². The van der Waals surface area contributed by atoms with Gasteiger partial charge < -0.3 is 14.8 Å². The monoisotopic (exact) mass is 376 g/mol. The van der Waals surface area contributed by atoms with Crippen LogP contribution in [0.4, 0.5) is 5.69 Å². The predicted molar refractivity (Wildman–Crippen MR) is 102 cm³/mol. The van der Waals surface area contributed by atoms with E-state index in [0.29, 0.717) is 36.2 Å². The van der Waals surface area contributed by atoms with E-state index in [1.54, 1.807) is 24.3 Å². The van der Waals surface area contributed by atoms with Crippen LogP contribution in [0.15, 0.2) is 49.1 Å². The van der Waals surface area contributed by atoms with Gasteiger partial charge in [0.2, 0.25) is 0 Å². The molecule has 0 heterocycles. The third-order valence-electron chi connectivity index (χ3n) is 3.56. The summed E-state index contributed by atoms with van der Waals surface area (Å²) in [6, 6.07) is 9.80. The predicted octanol–water partition coefficient (Wildman–Crippen LogP) is 4.50. The topological polar surface area (TPSA) is 73.6 Å². The molecule has 0 saturated carbocycles. The van der Waals surface area contributed by atoms with Crippen molar-refractivity contribution in [1.29, 1.82) is 0 Å². The lowest BCUT2D eigenvalue weighted by molar-refractivity contribution is -0.384. The molecular formula is C19H21ClN2O4. The average Bonchev–Trinajstić information content (AvgIpc) is 2.63. The summed E-state index contributed by atoms with van der Waals surface area (Å²) in [7, 11) is 0. The van der Waals surface area contributed by atoms with Gasteiger partial charge in [-0.3, -0.25) is 10.1 Å². The molecule has 0 aliphatic rings. The molecule has 7 heteroatoms. The number of non-ortho nitro benzene ring substituents is 1. The van der Waals surface area contributed by atoms with Gasteiger partial charge in [-0.05, 0) is 36.2 Å². The van der Waals surface area contributed by atoms with Crippen molar-refractivity contribution in [3.05, 3.63) is 75.3 Å². The molecule has 0 aromatic heterocycles. The molecule has 0 spiro atoms. The molecular weight excluding hydrogens is 356 g/mol. The zero-order valence-corrected chi connectivity index (χ0v) is 15.3. The Balaban J connectivity index is 2.12. The molecule has 6 nitrogen and oxygen atoms in total. The first-order valence-corrected chi connectivity index (χ1v) is 8.56. The molecule has 0 aliphatic carbocycles. The number of hydrogen-bond donors (Lipinski definition) is 1. The lowest BCUT2D eigenvalue weighted by atomic mass is 10.2. The molecule has 0 aliphatic heterocycles. The van der Waals surface area contributed by atoms with Crippen LogP contribution in [0.3, 0.4) is 0 Å². The van der Waals surface area contributed by atoms with Crippen molar-refractivity contribution >= 4 is 17.3 Å². The van der Waals surface area contributed by atoms with Crippen molar-refractivity contribution in [2.24, 2.45) is 0 Å². The van der Waals surface area contributed by atoms with Gasteiger partial charge in [0, 0.05) is 36.3 Å². The third kappa shape index (κ3) is 5.47. The number of hydrogen-bond acceptors (Lipinski definition) is 5.